The Morgan fingerprint density at radius 1 is 1.11 bits per heavy atom. The second-order valence-electron chi connectivity index (χ2n) is 10.7. The molecule has 2 aliphatic heterocycles. The Bertz CT molecular complexity index is 1240. The lowest BCUT2D eigenvalue weighted by Crippen LogP contribution is -2.48. The van der Waals surface area contributed by atoms with E-state index in [-0.39, 0.29) is 47.0 Å². The molecule has 0 aliphatic carbocycles. The number of amides is 2. The number of hydrogen-bond acceptors (Lipinski definition) is 8. The fourth-order valence-electron chi connectivity index (χ4n) is 5.15. The maximum Gasteiger partial charge on any atom is 0.294 e. The van der Waals surface area contributed by atoms with Gasteiger partial charge in [-0.1, -0.05) is 29.8 Å². The van der Waals surface area contributed by atoms with Crippen LogP contribution in [0.4, 0.5) is 17.1 Å². The van der Waals surface area contributed by atoms with Gasteiger partial charge in [0.25, 0.3) is 17.5 Å². The quantitative estimate of drug-likeness (QED) is 0.382. The van der Waals surface area contributed by atoms with E-state index in [0.717, 1.165) is 5.69 Å². The molecule has 2 N–H and O–H groups in total. The molecule has 12 heteroatoms. The lowest BCUT2D eigenvalue weighted by molar-refractivity contribution is -0.384. The van der Waals surface area contributed by atoms with E-state index in [1.54, 1.807) is 35.2 Å². The maximum atomic E-state index is 13.7. The molecule has 2 amide bonds. The molecule has 0 saturated carbocycles. The van der Waals surface area contributed by atoms with Gasteiger partial charge >= 0.3 is 0 Å². The van der Waals surface area contributed by atoms with E-state index < -0.39 is 10.3 Å². The van der Waals surface area contributed by atoms with Crippen LogP contribution in [0.5, 0.6) is 0 Å². The summed E-state index contributed by atoms with van der Waals surface area (Å²) in [5.74, 6) is -0.484. The highest BCUT2D eigenvalue weighted by molar-refractivity contribution is 9.10. The molecular weight excluding hydrogens is 556 g/mol. The number of nitro groups is 1. The second-order valence-corrected chi connectivity index (χ2v) is 11.6. The summed E-state index contributed by atoms with van der Waals surface area (Å²) in [7, 11) is 1.76. The number of nitrogens with zero attached hydrogens (tertiary/aromatic N) is 4. The van der Waals surface area contributed by atoms with Crippen LogP contribution in [0.3, 0.4) is 0 Å². The van der Waals surface area contributed by atoms with Crippen LogP contribution in [0.15, 0.2) is 35.1 Å². The smallest absolute Gasteiger partial charge is 0.294 e. The first-order valence-corrected chi connectivity index (χ1v) is 13.3. The number of morpholine rings is 1. The summed E-state index contributed by atoms with van der Waals surface area (Å²) in [5.41, 5.74) is 0.898. The summed E-state index contributed by atoms with van der Waals surface area (Å²) in [5, 5.41) is 18.4. The molecule has 2 aliphatic rings. The van der Waals surface area contributed by atoms with Crippen molar-refractivity contribution in [3.63, 3.8) is 0 Å². The molecule has 2 aromatic rings. The fraction of sp³-hybridized carbons (Fsp3) is 0.500. The number of aromatic nitrogens is 1. The van der Waals surface area contributed by atoms with E-state index in [1.807, 2.05) is 27.7 Å². The van der Waals surface area contributed by atoms with Crippen LogP contribution in [0.1, 0.15) is 48.4 Å². The maximum absolute atomic E-state index is 13.7. The van der Waals surface area contributed by atoms with Crippen LogP contribution in [0, 0.1) is 15.5 Å². The van der Waals surface area contributed by atoms with Crippen molar-refractivity contribution in [1.29, 1.82) is 0 Å². The molecule has 0 unspecified atom stereocenters. The van der Waals surface area contributed by atoms with Gasteiger partial charge in [0.1, 0.15) is 5.69 Å². The predicted octanol–water partition coefficient (Wildman–Crippen LogP) is 4.01. The van der Waals surface area contributed by atoms with Gasteiger partial charge in [-0.25, -0.2) is 0 Å². The molecule has 3 atom stereocenters. The zero-order valence-corrected chi connectivity index (χ0v) is 23.7. The van der Waals surface area contributed by atoms with Crippen molar-refractivity contribution < 1.29 is 19.2 Å². The van der Waals surface area contributed by atoms with Crippen molar-refractivity contribution in [3.05, 3.63) is 56.3 Å². The molecule has 2 saturated heterocycles. The monoisotopic (exact) mass is 588 g/mol. The standard InChI is InChI=1S/C26H33BrN6O5/c1-15-11-31(12-16(2)38-15)25(35)20-7-18(27)8-21(33(36)37)23(20)30-22-13-32(14-26(22,3)4)24(34)17-6-19(28-5)10-29-9-17/h6-10,15-16,22,28,30H,11-14H2,1-5H3/t15-,16+,22-/m0/s1. The number of pyridine rings is 1. The summed E-state index contributed by atoms with van der Waals surface area (Å²) >= 11 is 3.34. The summed E-state index contributed by atoms with van der Waals surface area (Å²) < 4.78 is 6.20. The number of likely N-dealkylation sites (tertiary alicyclic amines) is 1. The molecule has 1 aromatic carbocycles. The van der Waals surface area contributed by atoms with Gasteiger partial charge in [-0.2, -0.15) is 0 Å². The van der Waals surface area contributed by atoms with Gasteiger partial charge in [0.15, 0.2) is 0 Å². The molecule has 11 nitrogen and oxygen atoms in total. The number of hydrogen-bond donors (Lipinski definition) is 2. The number of benzene rings is 1. The lowest BCUT2D eigenvalue weighted by Gasteiger charge is -2.36. The molecule has 4 rings (SSSR count). The highest BCUT2D eigenvalue weighted by atomic mass is 79.9. The zero-order chi connectivity index (χ0) is 27.8. The van der Waals surface area contributed by atoms with E-state index in [2.05, 4.69) is 31.5 Å². The summed E-state index contributed by atoms with van der Waals surface area (Å²) in [6.45, 7) is 9.30. The van der Waals surface area contributed by atoms with E-state index in [0.29, 0.717) is 36.2 Å². The minimum atomic E-state index is -0.492. The first-order chi connectivity index (χ1) is 17.9. The van der Waals surface area contributed by atoms with Crippen molar-refractivity contribution in [2.45, 2.75) is 45.9 Å². The summed E-state index contributed by atoms with van der Waals surface area (Å²) in [6, 6.07) is 4.40. The van der Waals surface area contributed by atoms with E-state index in [9.17, 15) is 19.7 Å². The Morgan fingerprint density at radius 2 is 1.79 bits per heavy atom. The van der Waals surface area contributed by atoms with Gasteiger partial charge in [0.05, 0.1) is 40.0 Å². The molecule has 0 spiro atoms. The Labute approximate surface area is 230 Å². The average molecular weight is 589 g/mol. The molecule has 38 heavy (non-hydrogen) atoms. The van der Waals surface area contributed by atoms with Gasteiger partial charge in [0.2, 0.25) is 0 Å². The zero-order valence-electron chi connectivity index (χ0n) is 22.2. The number of nitro benzene ring substituents is 1. The van der Waals surface area contributed by atoms with Crippen LogP contribution in [-0.4, -0.2) is 83.0 Å². The van der Waals surface area contributed by atoms with E-state index in [1.165, 1.54) is 12.3 Å². The Morgan fingerprint density at radius 3 is 2.42 bits per heavy atom. The molecule has 0 bridgehead atoms. The molecule has 2 fully saturated rings. The van der Waals surface area contributed by atoms with Crippen molar-refractivity contribution in [2.24, 2.45) is 5.41 Å². The predicted molar refractivity (Wildman–Crippen MR) is 148 cm³/mol. The number of carbonyl (C=O) groups is 2. The van der Waals surface area contributed by atoms with Crippen molar-refractivity contribution in [3.8, 4) is 0 Å². The normalized spacial score (nSPS) is 22.7. The molecule has 1 aromatic heterocycles. The Hall–Kier alpha value is -3.25. The number of nitrogens with one attached hydrogen (secondary N) is 2. The van der Waals surface area contributed by atoms with E-state index >= 15 is 0 Å². The third-order valence-electron chi connectivity index (χ3n) is 7.04. The topological polar surface area (TPSA) is 130 Å². The summed E-state index contributed by atoms with van der Waals surface area (Å²) in [6.07, 6.45) is 2.87. The van der Waals surface area contributed by atoms with Crippen LogP contribution < -0.4 is 10.6 Å². The van der Waals surface area contributed by atoms with Gasteiger partial charge in [-0.15, -0.1) is 0 Å². The third kappa shape index (κ3) is 5.75. The lowest BCUT2D eigenvalue weighted by atomic mass is 9.87. The molecule has 0 radical (unpaired) electrons. The largest absolute Gasteiger partial charge is 0.387 e. The molecule has 3 heterocycles. The number of carbonyl (C=O) groups excluding carboxylic acids is 2. The number of rotatable bonds is 6. The van der Waals surface area contributed by atoms with Crippen LogP contribution in [0.25, 0.3) is 0 Å². The van der Waals surface area contributed by atoms with Gasteiger partial charge in [-0.05, 0) is 26.0 Å². The Balaban J connectivity index is 1.66. The Kier molecular flexibility index (Phi) is 7.93. The first-order valence-electron chi connectivity index (χ1n) is 12.5. The van der Waals surface area contributed by atoms with Gasteiger partial charge in [0, 0.05) is 61.6 Å². The summed E-state index contributed by atoms with van der Waals surface area (Å²) in [4.78, 5) is 46.1. The van der Waals surface area contributed by atoms with Crippen LogP contribution >= 0.6 is 15.9 Å². The second kappa shape index (κ2) is 10.9. The fourth-order valence-corrected chi connectivity index (χ4v) is 5.60. The van der Waals surface area contributed by atoms with Crippen molar-refractivity contribution in [1.82, 2.24) is 14.8 Å². The number of anilines is 2. The highest BCUT2D eigenvalue weighted by Gasteiger charge is 2.43. The minimum absolute atomic E-state index is 0.148. The van der Waals surface area contributed by atoms with Crippen LogP contribution in [0.2, 0.25) is 0 Å². The van der Waals surface area contributed by atoms with Crippen molar-refractivity contribution >= 4 is 44.8 Å². The molecular formula is C26H33BrN6O5. The van der Waals surface area contributed by atoms with Gasteiger partial charge < -0.3 is 25.2 Å². The minimum Gasteiger partial charge on any atom is -0.387 e. The highest BCUT2D eigenvalue weighted by Crippen LogP contribution is 2.39. The van der Waals surface area contributed by atoms with Crippen LogP contribution in [-0.2, 0) is 4.74 Å². The van der Waals surface area contributed by atoms with Crippen molar-refractivity contribution in [2.75, 3.05) is 43.9 Å². The average Bonchev–Trinajstić information content (AvgIpc) is 3.16. The number of halogens is 1. The van der Waals surface area contributed by atoms with E-state index in [4.69, 9.17) is 4.74 Å². The van der Waals surface area contributed by atoms with Gasteiger partial charge in [-0.3, -0.25) is 24.7 Å². The number of ether oxygens (including phenoxy) is 1. The molecule has 204 valence electrons. The SMILES string of the molecule is CNc1cncc(C(=O)N2C[C@H](Nc3c(C(=O)N4C[C@@H](C)O[C@@H](C)C4)cc(Br)cc3[N+](=O)[O-])C(C)(C)C2)c1. The third-order valence-corrected chi connectivity index (χ3v) is 7.50. The first kappa shape index (κ1) is 27.8.